The zero-order valence-corrected chi connectivity index (χ0v) is 16.6. The number of aromatic nitrogens is 3. The van der Waals surface area contributed by atoms with Crippen LogP contribution in [-0.4, -0.2) is 33.5 Å². The molecule has 5 N–H and O–H groups in total. The predicted octanol–water partition coefficient (Wildman–Crippen LogP) is 2.81. The molecule has 1 aliphatic carbocycles. The van der Waals surface area contributed by atoms with Gasteiger partial charge in [0.05, 0.1) is 18.3 Å². The summed E-state index contributed by atoms with van der Waals surface area (Å²) in [6.45, 7) is 2.04. The first-order valence-corrected chi connectivity index (χ1v) is 10.00. The molecule has 3 aromatic rings. The van der Waals surface area contributed by atoms with Crippen molar-refractivity contribution in [3.05, 3.63) is 64.9 Å². The molecule has 1 amide bonds. The molecule has 8 heteroatoms. The number of amides is 1. The fourth-order valence-corrected chi connectivity index (χ4v) is 3.86. The van der Waals surface area contributed by atoms with Crippen LogP contribution in [0.25, 0.3) is 17.0 Å². The van der Waals surface area contributed by atoms with Crippen molar-refractivity contribution >= 4 is 34.8 Å². The largest absolute Gasteiger partial charge is 0.357 e. The van der Waals surface area contributed by atoms with Gasteiger partial charge in [0, 0.05) is 35.6 Å². The molecule has 0 saturated carbocycles. The van der Waals surface area contributed by atoms with Gasteiger partial charge in [-0.05, 0) is 60.4 Å². The first kappa shape index (κ1) is 18.2. The maximum atomic E-state index is 11.2. The molecule has 0 bridgehead atoms. The summed E-state index contributed by atoms with van der Waals surface area (Å²) in [5, 5.41) is 17.8. The van der Waals surface area contributed by atoms with Crippen LogP contribution in [0.15, 0.2) is 52.9 Å². The van der Waals surface area contributed by atoms with E-state index in [0.717, 1.165) is 46.6 Å². The zero-order valence-electron chi connectivity index (χ0n) is 16.6. The molecule has 0 saturated heterocycles. The minimum Gasteiger partial charge on any atom is -0.357 e. The van der Waals surface area contributed by atoms with Crippen molar-refractivity contribution in [2.24, 2.45) is 4.99 Å². The van der Waals surface area contributed by atoms with Crippen LogP contribution in [0.4, 0.5) is 5.69 Å². The fourth-order valence-electron chi connectivity index (χ4n) is 3.86. The summed E-state index contributed by atoms with van der Waals surface area (Å²) in [6, 6.07) is 8.22. The zero-order chi connectivity index (χ0) is 20.5. The number of anilines is 1. The second-order valence-corrected chi connectivity index (χ2v) is 7.58. The number of benzene rings is 1. The fraction of sp³-hybridized carbons (Fsp3) is 0.227. The van der Waals surface area contributed by atoms with E-state index >= 15 is 0 Å². The molecule has 0 fully saturated rings. The van der Waals surface area contributed by atoms with E-state index in [2.05, 4.69) is 54.3 Å². The van der Waals surface area contributed by atoms with Crippen LogP contribution < -0.4 is 16.0 Å². The lowest BCUT2D eigenvalue weighted by Crippen LogP contribution is -2.34. The summed E-state index contributed by atoms with van der Waals surface area (Å²) >= 11 is 0. The number of aromatic amines is 2. The number of fused-ring (bicyclic) bond motifs is 2. The highest BCUT2D eigenvalue weighted by Gasteiger charge is 2.21. The molecule has 0 radical (unpaired) electrons. The van der Waals surface area contributed by atoms with Crippen LogP contribution in [-0.2, 0) is 17.8 Å². The lowest BCUT2D eigenvalue weighted by molar-refractivity contribution is -0.119. The Morgan fingerprint density at radius 2 is 2.20 bits per heavy atom. The molecule has 1 unspecified atom stereocenters. The molecular formula is C22H23N7O. The van der Waals surface area contributed by atoms with E-state index in [1.54, 1.807) is 0 Å². The molecule has 5 rings (SSSR count). The summed E-state index contributed by atoms with van der Waals surface area (Å²) in [5.41, 5.74) is 6.62. The van der Waals surface area contributed by atoms with Gasteiger partial charge in [0.25, 0.3) is 0 Å². The molecular weight excluding hydrogens is 378 g/mol. The Morgan fingerprint density at radius 1 is 1.27 bits per heavy atom. The SMILES string of the molecule is CC(=O)NCc1cc2c([nH]1)C=C(C1N=CC=C(Nc3ccc4[nH]ncc4c3)N1)CC2. The number of allylic oxidation sites excluding steroid dienone is 1. The number of aliphatic imine (C=N–C) groups is 1. The molecule has 152 valence electrons. The topological polar surface area (TPSA) is 110 Å². The van der Waals surface area contributed by atoms with Gasteiger partial charge in [-0.15, -0.1) is 0 Å². The van der Waals surface area contributed by atoms with E-state index in [9.17, 15) is 4.79 Å². The van der Waals surface area contributed by atoms with Gasteiger partial charge in [-0.2, -0.15) is 5.10 Å². The third-order valence-corrected chi connectivity index (χ3v) is 5.37. The second kappa shape index (κ2) is 7.55. The Morgan fingerprint density at radius 3 is 3.10 bits per heavy atom. The number of H-pyrrole nitrogens is 2. The van der Waals surface area contributed by atoms with Gasteiger partial charge in [0.1, 0.15) is 12.0 Å². The number of carbonyl (C=O) groups excluding carboxylic acids is 1. The third-order valence-electron chi connectivity index (χ3n) is 5.37. The summed E-state index contributed by atoms with van der Waals surface area (Å²) in [6.07, 6.45) is 9.55. The molecule has 1 aliphatic heterocycles. The Labute approximate surface area is 173 Å². The molecule has 3 heterocycles. The molecule has 2 aromatic heterocycles. The van der Waals surface area contributed by atoms with Crippen molar-refractivity contribution < 1.29 is 4.79 Å². The van der Waals surface area contributed by atoms with Gasteiger partial charge in [0.15, 0.2) is 0 Å². The van der Waals surface area contributed by atoms with Gasteiger partial charge in [-0.25, -0.2) is 0 Å². The standard InChI is InChI=1S/C22H23N7O/c1-13(30)24-12-18-8-14-2-3-15(10-20(14)26-18)22-23-7-6-21(28-22)27-17-4-5-19-16(9-17)11-25-29-19/h4-11,22,26-28H,2-3,12H2,1H3,(H,24,30)(H,25,29). The average Bonchev–Trinajstić information content (AvgIpc) is 3.38. The Hall–Kier alpha value is -3.81. The monoisotopic (exact) mass is 401 g/mol. The molecule has 0 spiro atoms. The van der Waals surface area contributed by atoms with E-state index in [1.807, 2.05) is 30.6 Å². The minimum absolute atomic E-state index is 0.0294. The van der Waals surface area contributed by atoms with Crippen molar-refractivity contribution in [1.82, 2.24) is 25.8 Å². The maximum absolute atomic E-state index is 11.2. The number of nitrogens with one attached hydrogen (secondary N) is 5. The number of hydrogen-bond acceptors (Lipinski definition) is 5. The summed E-state index contributed by atoms with van der Waals surface area (Å²) in [4.78, 5) is 19.2. The van der Waals surface area contributed by atoms with Gasteiger partial charge < -0.3 is 20.9 Å². The first-order chi connectivity index (χ1) is 14.6. The highest BCUT2D eigenvalue weighted by atomic mass is 16.1. The normalized spacial score (nSPS) is 17.7. The van der Waals surface area contributed by atoms with Crippen LogP contribution in [0.1, 0.15) is 30.3 Å². The lowest BCUT2D eigenvalue weighted by Gasteiger charge is -2.26. The number of aryl methyl sites for hydroxylation is 1. The summed E-state index contributed by atoms with van der Waals surface area (Å²) in [7, 11) is 0. The number of rotatable bonds is 5. The maximum Gasteiger partial charge on any atom is 0.217 e. The quantitative estimate of drug-likeness (QED) is 0.453. The summed E-state index contributed by atoms with van der Waals surface area (Å²) in [5.74, 6) is 0.876. The van der Waals surface area contributed by atoms with Gasteiger partial charge in [0.2, 0.25) is 5.91 Å². The third kappa shape index (κ3) is 3.71. The van der Waals surface area contributed by atoms with Crippen LogP contribution in [0, 0.1) is 0 Å². The highest BCUT2D eigenvalue weighted by molar-refractivity contribution is 5.83. The lowest BCUT2D eigenvalue weighted by atomic mass is 9.95. The van der Waals surface area contributed by atoms with E-state index in [1.165, 1.54) is 18.1 Å². The van der Waals surface area contributed by atoms with Crippen LogP contribution in [0.2, 0.25) is 0 Å². The number of hydrogen-bond donors (Lipinski definition) is 5. The van der Waals surface area contributed by atoms with Crippen LogP contribution >= 0.6 is 0 Å². The Kier molecular flexibility index (Phi) is 4.59. The first-order valence-electron chi connectivity index (χ1n) is 10.00. The van der Waals surface area contributed by atoms with Crippen molar-refractivity contribution in [3.8, 4) is 0 Å². The van der Waals surface area contributed by atoms with E-state index < -0.39 is 0 Å². The van der Waals surface area contributed by atoms with Crippen LogP contribution in [0.3, 0.4) is 0 Å². The van der Waals surface area contributed by atoms with E-state index in [0.29, 0.717) is 6.54 Å². The van der Waals surface area contributed by atoms with E-state index in [-0.39, 0.29) is 12.1 Å². The molecule has 1 aromatic carbocycles. The smallest absolute Gasteiger partial charge is 0.217 e. The van der Waals surface area contributed by atoms with Gasteiger partial charge in [-0.1, -0.05) is 0 Å². The van der Waals surface area contributed by atoms with Crippen molar-refractivity contribution in [2.75, 3.05) is 5.32 Å². The van der Waals surface area contributed by atoms with Crippen molar-refractivity contribution in [3.63, 3.8) is 0 Å². The molecule has 8 nitrogen and oxygen atoms in total. The Bertz CT molecular complexity index is 1200. The highest BCUT2D eigenvalue weighted by Crippen LogP contribution is 2.28. The predicted molar refractivity (Wildman–Crippen MR) is 118 cm³/mol. The van der Waals surface area contributed by atoms with Gasteiger partial charge >= 0.3 is 0 Å². The van der Waals surface area contributed by atoms with Gasteiger partial charge in [-0.3, -0.25) is 14.9 Å². The number of carbonyl (C=O) groups is 1. The van der Waals surface area contributed by atoms with E-state index in [4.69, 9.17) is 0 Å². The molecule has 2 aliphatic rings. The van der Waals surface area contributed by atoms with Crippen molar-refractivity contribution in [2.45, 2.75) is 32.5 Å². The molecule has 30 heavy (non-hydrogen) atoms. The van der Waals surface area contributed by atoms with Crippen LogP contribution in [0.5, 0.6) is 0 Å². The molecule has 1 atom stereocenters. The average molecular weight is 401 g/mol. The second-order valence-electron chi connectivity index (χ2n) is 7.58. The number of nitrogens with zero attached hydrogens (tertiary/aromatic N) is 2. The summed E-state index contributed by atoms with van der Waals surface area (Å²) < 4.78 is 0. The Balaban J connectivity index is 1.28. The van der Waals surface area contributed by atoms with Crippen molar-refractivity contribution in [1.29, 1.82) is 0 Å². The minimum atomic E-state index is -0.106.